The number of aromatic nitrogens is 3. The molecule has 2 rings (SSSR count). The summed E-state index contributed by atoms with van der Waals surface area (Å²) in [5, 5.41) is 0.0139. The molecular weight excluding hydrogens is 262 g/mol. The summed E-state index contributed by atoms with van der Waals surface area (Å²) in [6, 6.07) is 1.94. The van der Waals surface area contributed by atoms with Crippen LogP contribution in [0.2, 0.25) is 0 Å². The second kappa shape index (κ2) is 4.73. The number of hydrogen-bond acceptors (Lipinski definition) is 5. The van der Waals surface area contributed by atoms with Crippen molar-refractivity contribution in [2.24, 2.45) is 0 Å². The smallest absolute Gasteiger partial charge is 0.251 e. The Balaban J connectivity index is 2.39. The first-order valence-electron chi connectivity index (χ1n) is 4.83. The number of H-pyrrole nitrogens is 1. The molecule has 0 fully saturated rings. The fourth-order valence-corrected chi connectivity index (χ4v) is 2.05. The van der Waals surface area contributed by atoms with Crippen LogP contribution in [0, 0.1) is 18.6 Å². The fourth-order valence-electron chi connectivity index (χ4n) is 1.23. The van der Waals surface area contributed by atoms with E-state index >= 15 is 0 Å². The SMILES string of the molecule is Cc1cc(=O)[nH]c(Sc2nc(N)c(F)cc2F)n1. The van der Waals surface area contributed by atoms with Crippen molar-refractivity contribution in [3.63, 3.8) is 0 Å². The fraction of sp³-hybridized carbons (Fsp3) is 0.100. The molecule has 0 aromatic carbocycles. The standard InChI is InChI=1S/C10H8F2N4OS/c1-4-2-7(17)15-10(14-4)18-9-6(12)3-5(11)8(13)16-9/h2-3H,1H3,(H2,13,16)(H,14,15,17). The number of rotatable bonds is 2. The highest BCUT2D eigenvalue weighted by atomic mass is 32.2. The summed E-state index contributed by atoms with van der Waals surface area (Å²) in [5.74, 6) is -2.20. The molecule has 2 aromatic rings. The number of aromatic amines is 1. The Bertz CT molecular complexity index is 659. The number of pyridine rings is 1. The molecule has 0 aliphatic heterocycles. The maximum absolute atomic E-state index is 13.4. The zero-order valence-corrected chi connectivity index (χ0v) is 10.0. The third kappa shape index (κ3) is 2.65. The maximum Gasteiger partial charge on any atom is 0.251 e. The summed E-state index contributed by atoms with van der Waals surface area (Å²) in [7, 11) is 0. The molecule has 0 atom stereocenters. The van der Waals surface area contributed by atoms with Crippen LogP contribution in [0.15, 0.2) is 27.1 Å². The van der Waals surface area contributed by atoms with E-state index in [1.165, 1.54) is 6.07 Å². The van der Waals surface area contributed by atoms with E-state index in [1.807, 2.05) is 0 Å². The minimum Gasteiger partial charge on any atom is -0.381 e. The van der Waals surface area contributed by atoms with Gasteiger partial charge in [-0.25, -0.2) is 18.7 Å². The van der Waals surface area contributed by atoms with Gasteiger partial charge in [-0.15, -0.1) is 0 Å². The number of nitrogens with one attached hydrogen (secondary N) is 1. The van der Waals surface area contributed by atoms with Gasteiger partial charge >= 0.3 is 0 Å². The summed E-state index contributed by atoms with van der Waals surface area (Å²) in [5.41, 5.74) is 5.37. The summed E-state index contributed by atoms with van der Waals surface area (Å²) in [6.45, 7) is 1.63. The summed E-state index contributed by atoms with van der Waals surface area (Å²) in [4.78, 5) is 21.2. The summed E-state index contributed by atoms with van der Waals surface area (Å²) >= 11 is 0.766. The van der Waals surface area contributed by atoms with Gasteiger partial charge in [-0.05, 0) is 18.7 Å². The van der Waals surface area contributed by atoms with E-state index in [-0.39, 0.29) is 15.7 Å². The number of halogens is 2. The maximum atomic E-state index is 13.4. The molecular formula is C10H8F2N4OS. The van der Waals surface area contributed by atoms with Crippen LogP contribution in [0.3, 0.4) is 0 Å². The first-order chi connectivity index (χ1) is 8.45. The van der Waals surface area contributed by atoms with E-state index in [0.29, 0.717) is 11.8 Å². The van der Waals surface area contributed by atoms with Gasteiger partial charge in [0.25, 0.3) is 5.56 Å². The Kier molecular flexibility index (Phi) is 3.28. The van der Waals surface area contributed by atoms with Crippen LogP contribution < -0.4 is 11.3 Å². The van der Waals surface area contributed by atoms with Crippen molar-refractivity contribution in [2.75, 3.05) is 5.73 Å². The summed E-state index contributed by atoms with van der Waals surface area (Å²) in [6.07, 6.45) is 0. The lowest BCUT2D eigenvalue weighted by Gasteiger charge is -2.04. The van der Waals surface area contributed by atoms with E-state index in [9.17, 15) is 13.6 Å². The number of aryl methyl sites for hydroxylation is 1. The van der Waals surface area contributed by atoms with Gasteiger partial charge < -0.3 is 10.7 Å². The van der Waals surface area contributed by atoms with Gasteiger partial charge in [0.15, 0.2) is 22.6 Å². The molecule has 0 aliphatic rings. The van der Waals surface area contributed by atoms with Gasteiger partial charge in [0.1, 0.15) is 5.03 Å². The van der Waals surface area contributed by atoms with Crippen molar-refractivity contribution >= 4 is 17.6 Å². The molecule has 3 N–H and O–H groups in total. The molecule has 5 nitrogen and oxygen atoms in total. The van der Waals surface area contributed by atoms with Crippen LogP contribution >= 0.6 is 11.8 Å². The first-order valence-corrected chi connectivity index (χ1v) is 5.64. The number of anilines is 1. The van der Waals surface area contributed by atoms with Crippen LogP contribution in [0.25, 0.3) is 0 Å². The topological polar surface area (TPSA) is 84.7 Å². The number of hydrogen-bond donors (Lipinski definition) is 2. The molecule has 0 saturated heterocycles. The molecule has 0 aliphatic carbocycles. The summed E-state index contributed by atoms with van der Waals surface area (Å²) < 4.78 is 26.3. The van der Waals surface area contributed by atoms with Crippen molar-refractivity contribution in [1.82, 2.24) is 15.0 Å². The molecule has 2 aromatic heterocycles. The molecule has 0 unspecified atom stereocenters. The number of nitrogens with zero attached hydrogens (tertiary/aromatic N) is 2. The average Bonchev–Trinajstić information content (AvgIpc) is 2.24. The Morgan fingerprint density at radius 1 is 1.28 bits per heavy atom. The van der Waals surface area contributed by atoms with Gasteiger partial charge in [0.2, 0.25) is 0 Å². The monoisotopic (exact) mass is 270 g/mol. The highest BCUT2D eigenvalue weighted by molar-refractivity contribution is 7.99. The largest absolute Gasteiger partial charge is 0.381 e. The van der Waals surface area contributed by atoms with Gasteiger partial charge in [-0.3, -0.25) is 4.79 Å². The second-order valence-corrected chi connectivity index (χ2v) is 4.41. The second-order valence-electron chi connectivity index (χ2n) is 3.44. The van der Waals surface area contributed by atoms with Crippen LogP contribution in [0.5, 0.6) is 0 Å². The molecule has 94 valence electrons. The van der Waals surface area contributed by atoms with Crippen LogP contribution in [0.1, 0.15) is 5.69 Å². The van der Waals surface area contributed by atoms with E-state index in [1.54, 1.807) is 6.92 Å². The molecule has 0 spiro atoms. The quantitative estimate of drug-likeness (QED) is 0.807. The normalized spacial score (nSPS) is 10.6. The van der Waals surface area contributed by atoms with E-state index in [2.05, 4.69) is 15.0 Å². The van der Waals surface area contributed by atoms with E-state index in [4.69, 9.17) is 5.73 Å². The number of nitrogens with two attached hydrogens (primary N) is 1. The predicted octanol–water partition coefficient (Wildman–Crippen LogP) is 1.48. The van der Waals surface area contributed by atoms with Gasteiger partial charge in [0, 0.05) is 17.8 Å². The van der Waals surface area contributed by atoms with Crippen molar-refractivity contribution in [3.8, 4) is 0 Å². The lowest BCUT2D eigenvalue weighted by molar-refractivity contribution is 0.552. The molecule has 0 bridgehead atoms. The Hall–Kier alpha value is -1.96. The first kappa shape index (κ1) is 12.5. The minimum atomic E-state index is -0.928. The third-order valence-corrected chi connectivity index (χ3v) is 2.83. The highest BCUT2D eigenvalue weighted by Crippen LogP contribution is 2.26. The molecule has 0 saturated carbocycles. The third-order valence-electron chi connectivity index (χ3n) is 1.97. The molecule has 0 radical (unpaired) electrons. The number of nitrogen functional groups attached to an aromatic ring is 1. The van der Waals surface area contributed by atoms with Crippen molar-refractivity contribution in [2.45, 2.75) is 17.1 Å². The predicted molar refractivity (Wildman–Crippen MR) is 62.3 cm³/mol. The zero-order valence-electron chi connectivity index (χ0n) is 9.20. The molecule has 2 heterocycles. The van der Waals surface area contributed by atoms with Crippen LogP contribution in [-0.2, 0) is 0 Å². The van der Waals surface area contributed by atoms with Crippen molar-refractivity contribution in [1.29, 1.82) is 0 Å². The van der Waals surface area contributed by atoms with E-state index < -0.39 is 17.5 Å². The Morgan fingerprint density at radius 3 is 2.67 bits per heavy atom. The molecule has 18 heavy (non-hydrogen) atoms. The Labute approximate surface area is 104 Å². The van der Waals surface area contributed by atoms with E-state index in [0.717, 1.165) is 11.8 Å². The van der Waals surface area contributed by atoms with Crippen LogP contribution in [-0.4, -0.2) is 15.0 Å². The highest BCUT2D eigenvalue weighted by Gasteiger charge is 2.12. The Morgan fingerprint density at radius 2 is 2.00 bits per heavy atom. The average molecular weight is 270 g/mol. The van der Waals surface area contributed by atoms with Gasteiger partial charge in [0.05, 0.1) is 0 Å². The lowest BCUT2D eigenvalue weighted by Crippen LogP contribution is -2.08. The van der Waals surface area contributed by atoms with Gasteiger partial charge in [-0.1, -0.05) is 0 Å². The lowest BCUT2D eigenvalue weighted by atomic mass is 10.4. The molecule has 8 heteroatoms. The minimum absolute atomic E-state index is 0.150. The van der Waals surface area contributed by atoms with Crippen LogP contribution in [0.4, 0.5) is 14.6 Å². The zero-order chi connectivity index (χ0) is 13.3. The van der Waals surface area contributed by atoms with Crippen molar-refractivity contribution in [3.05, 3.63) is 39.8 Å². The van der Waals surface area contributed by atoms with Gasteiger partial charge in [-0.2, -0.15) is 0 Å². The van der Waals surface area contributed by atoms with Crippen molar-refractivity contribution < 1.29 is 8.78 Å². The molecule has 0 amide bonds.